The Kier molecular flexibility index (Phi) is 7.16. The molecule has 0 spiro atoms. The smallest absolute Gasteiger partial charge is 0.309 e. The van der Waals surface area contributed by atoms with E-state index < -0.39 is 0 Å². The van der Waals surface area contributed by atoms with E-state index >= 15 is 0 Å². The van der Waals surface area contributed by atoms with Gasteiger partial charge in [0.05, 0.1) is 13.0 Å². The average molecular weight is 264 g/mol. The van der Waals surface area contributed by atoms with Crippen LogP contribution in [0.25, 0.3) is 0 Å². The van der Waals surface area contributed by atoms with Crippen LogP contribution >= 0.6 is 0 Å². The standard InChI is InChI=1S/C16H24O3/c1-3-19-16(18)12-11-15(10-9-13(2)17)14-7-5-4-6-8-14/h7,11H,3-6,8-10,12H2,1-2H3/b15-11+. The molecule has 0 atom stereocenters. The highest BCUT2D eigenvalue weighted by Crippen LogP contribution is 2.27. The first kappa shape index (κ1) is 15.7. The molecular formula is C16H24O3. The van der Waals surface area contributed by atoms with Crippen molar-refractivity contribution < 1.29 is 14.3 Å². The van der Waals surface area contributed by atoms with Crippen molar-refractivity contribution >= 4 is 11.8 Å². The lowest BCUT2D eigenvalue weighted by atomic mass is 9.90. The van der Waals surface area contributed by atoms with Crippen molar-refractivity contribution in [3.05, 3.63) is 23.3 Å². The molecule has 106 valence electrons. The summed E-state index contributed by atoms with van der Waals surface area (Å²) in [5.41, 5.74) is 2.47. The molecule has 19 heavy (non-hydrogen) atoms. The predicted molar refractivity (Wildman–Crippen MR) is 75.8 cm³/mol. The number of ketones is 1. The summed E-state index contributed by atoms with van der Waals surface area (Å²) in [5.74, 6) is -0.00215. The summed E-state index contributed by atoms with van der Waals surface area (Å²) in [7, 11) is 0. The summed E-state index contributed by atoms with van der Waals surface area (Å²) in [4.78, 5) is 22.5. The maximum Gasteiger partial charge on any atom is 0.309 e. The minimum atomic E-state index is -0.195. The summed E-state index contributed by atoms with van der Waals surface area (Å²) >= 11 is 0. The van der Waals surface area contributed by atoms with Crippen LogP contribution in [0.2, 0.25) is 0 Å². The van der Waals surface area contributed by atoms with Crippen LogP contribution in [-0.2, 0) is 14.3 Å². The third-order valence-corrected chi connectivity index (χ3v) is 3.27. The number of allylic oxidation sites excluding steroid dienone is 3. The van der Waals surface area contributed by atoms with Crippen LogP contribution in [-0.4, -0.2) is 18.4 Å². The summed E-state index contributed by atoms with van der Waals surface area (Å²) in [6, 6.07) is 0. The Morgan fingerprint density at radius 3 is 2.68 bits per heavy atom. The van der Waals surface area contributed by atoms with Gasteiger partial charge in [0.25, 0.3) is 0 Å². The van der Waals surface area contributed by atoms with Gasteiger partial charge in [-0.15, -0.1) is 0 Å². The van der Waals surface area contributed by atoms with E-state index in [2.05, 4.69) is 6.08 Å². The second-order valence-electron chi connectivity index (χ2n) is 4.92. The predicted octanol–water partition coefficient (Wildman–Crippen LogP) is 3.74. The molecule has 0 amide bonds. The van der Waals surface area contributed by atoms with E-state index in [0.717, 1.165) is 24.8 Å². The van der Waals surface area contributed by atoms with Crippen molar-refractivity contribution in [3.63, 3.8) is 0 Å². The molecule has 0 saturated carbocycles. The Hall–Kier alpha value is -1.38. The molecular weight excluding hydrogens is 240 g/mol. The van der Waals surface area contributed by atoms with Crippen molar-refractivity contribution in [2.45, 2.75) is 58.8 Å². The van der Waals surface area contributed by atoms with Gasteiger partial charge < -0.3 is 9.53 Å². The lowest BCUT2D eigenvalue weighted by Crippen LogP contribution is -2.04. The van der Waals surface area contributed by atoms with Gasteiger partial charge >= 0.3 is 5.97 Å². The molecule has 0 aromatic heterocycles. The zero-order valence-electron chi connectivity index (χ0n) is 12.0. The summed E-state index contributed by atoms with van der Waals surface area (Å²) in [6.45, 7) is 3.83. The summed E-state index contributed by atoms with van der Waals surface area (Å²) in [6.07, 6.45) is 10.4. The zero-order chi connectivity index (χ0) is 14.1. The van der Waals surface area contributed by atoms with Gasteiger partial charge in [0.2, 0.25) is 0 Å². The van der Waals surface area contributed by atoms with Gasteiger partial charge in [-0.25, -0.2) is 0 Å². The number of ether oxygens (including phenoxy) is 1. The van der Waals surface area contributed by atoms with Crippen molar-refractivity contribution in [1.82, 2.24) is 0 Å². The van der Waals surface area contributed by atoms with Crippen molar-refractivity contribution in [2.24, 2.45) is 0 Å². The monoisotopic (exact) mass is 264 g/mol. The molecule has 0 radical (unpaired) electrons. The molecule has 0 unspecified atom stereocenters. The van der Waals surface area contributed by atoms with E-state index in [1.165, 1.54) is 18.4 Å². The van der Waals surface area contributed by atoms with Crippen molar-refractivity contribution in [1.29, 1.82) is 0 Å². The van der Waals surface area contributed by atoms with Gasteiger partial charge in [-0.3, -0.25) is 4.79 Å². The molecule has 1 aliphatic carbocycles. The van der Waals surface area contributed by atoms with Crippen LogP contribution < -0.4 is 0 Å². The van der Waals surface area contributed by atoms with Gasteiger partial charge in [-0.2, -0.15) is 0 Å². The highest BCUT2D eigenvalue weighted by Gasteiger charge is 2.11. The molecule has 3 heteroatoms. The first-order valence-electron chi connectivity index (χ1n) is 7.17. The molecule has 0 fully saturated rings. The Balaban J connectivity index is 2.67. The van der Waals surface area contributed by atoms with Gasteiger partial charge in [0.1, 0.15) is 5.78 Å². The largest absolute Gasteiger partial charge is 0.466 e. The number of esters is 1. The van der Waals surface area contributed by atoms with Crippen LogP contribution in [0, 0.1) is 0 Å². The molecule has 3 nitrogen and oxygen atoms in total. The quantitative estimate of drug-likeness (QED) is 0.658. The number of carbonyl (C=O) groups is 2. The van der Waals surface area contributed by atoms with Crippen molar-refractivity contribution in [3.8, 4) is 0 Å². The normalized spacial score (nSPS) is 15.9. The molecule has 0 saturated heterocycles. The maximum absolute atomic E-state index is 11.4. The Morgan fingerprint density at radius 1 is 1.32 bits per heavy atom. The van der Waals surface area contributed by atoms with Gasteiger partial charge in [-0.1, -0.05) is 12.2 Å². The minimum Gasteiger partial charge on any atom is -0.466 e. The van der Waals surface area contributed by atoms with Crippen LogP contribution in [0.1, 0.15) is 58.8 Å². The van der Waals surface area contributed by atoms with E-state index in [0.29, 0.717) is 19.4 Å². The Bertz CT molecular complexity index is 377. The molecule has 0 aromatic rings. The third kappa shape index (κ3) is 6.37. The number of hydrogen-bond donors (Lipinski definition) is 0. The van der Waals surface area contributed by atoms with E-state index in [1.54, 1.807) is 6.92 Å². The number of rotatable bonds is 7. The number of carbonyl (C=O) groups excluding carboxylic acids is 2. The second kappa shape index (κ2) is 8.68. The van der Waals surface area contributed by atoms with E-state index in [1.807, 2.05) is 13.0 Å². The lowest BCUT2D eigenvalue weighted by molar-refractivity contribution is -0.142. The van der Waals surface area contributed by atoms with Crippen LogP contribution in [0.3, 0.4) is 0 Å². The Labute approximate surface area is 115 Å². The first-order chi connectivity index (χ1) is 9.13. The topological polar surface area (TPSA) is 43.4 Å². The molecule has 0 bridgehead atoms. The van der Waals surface area contributed by atoms with Crippen LogP contribution in [0.15, 0.2) is 23.3 Å². The average Bonchev–Trinajstić information content (AvgIpc) is 2.40. The van der Waals surface area contributed by atoms with Gasteiger partial charge in [0.15, 0.2) is 0 Å². The number of Topliss-reactive ketones (excluding diaryl/α,β-unsaturated/α-hetero) is 1. The van der Waals surface area contributed by atoms with Gasteiger partial charge in [-0.05, 0) is 57.1 Å². The zero-order valence-corrected chi connectivity index (χ0v) is 12.0. The maximum atomic E-state index is 11.4. The lowest BCUT2D eigenvalue weighted by Gasteiger charge is -2.16. The highest BCUT2D eigenvalue weighted by atomic mass is 16.5. The fourth-order valence-corrected chi connectivity index (χ4v) is 2.26. The molecule has 0 aliphatic heterocycles. The molecule has 0 heterocycles. The van der Waals surface area contributed by atoms with E-state index in [4.69, 9.17) is 4.74 Å². The summed E-state index contributed by atoms with van der Waals surface area (Å²) in [5, 5.41) is 0. The Morgan fingerprint density at radius 2 is 2.11 bits per heavy atom. The van der Waals surface area contributed by atoms with E-state index in [9.17, 15) is 9.59 Å². The fourth-order valence-electron chi connectivity index (χ4n) is 2.26. The molecule has 1 aliphatic rings. The van der Waals surface area contributed by atoms with Crippen molar-refractivity contribution in [2.75, 3.05) is 6.61 Å². The van der Waals surface area contributed by atoms with Gasteiger partial charge in [0, 0.05) is 6.42 Å². The molecule has 0 aromatic carbocycles. The number of hydrogen-bond acceptors (Lipinski definition) is 3. The summed E-state index contributed by atoms with van der Waals surface area (Å²) < 4.78 is 4.94. The fraction of sp³-hybridized carbons (Fsp3) is 0.625. The van der Waals surface area contributed by atoms with Crippen LogP contribution in [0.5, 0.6) is 0 Å². The molecule has 0 N–H and O–H groups in total. The SMILES string of the molecule is CCOC(=O)C/C=C(\CCC(C)=O)C1=CCCCC1. The first-order valence-corrected chi connectivity index (χ1v) is 7.17. The second-order valence-corrected chi connectivity index (χ2v) is 4.92. The third-order valence-electron chi connectivity index (χ3n) is 3.27. The van der Waals surface area contributed by atoms with Crippen LogP contribution in [0.4, 0.5) is 0 Å². The van der Waals surface area contributed by atoms with E-state index in [-0.39, 0.29) is 11.8 Å². The highest BCUT2D eigenvalue weighted by molar-refractivity contribution is 5.76. The minimum absolute atomic E-state index is 0.193. The molecule has 1 rings (SSSR count).